The van der Waals surface area contributed by atoms with E-state index in [-0.39, 0.29) is 18.2 Å². The highest BCUT2D eigenvalue weighted by Gasteiger charge is 2.12. The quantitative estimate of drug-likeness (QED) is 0.690. The molecular formula is C13H17BrN2O5. The Morgan fingerprint density at radius 3 is 2.67 bits per heavy atom. The molecule has 0 spiro atoms. The topological polar surface area (TPSA) is 96.9 Å². The minimum absolute atomic E-state index is 0.0858. The molecule has 0 aliphatic carbocycles. The van der Waals surface area contributed by atoms with Gasteiger partial charge in [-0.2, -0.15) is 0 Å². The van der Waals surface area contributed by atoms with Crippen LogP contribution >= 0.6 is 15.9 Å². The molecule has 0 aliphatic heterocycles. The predicted octanol–water partition coefficient (Wildman–Crippen LogP) is 1.93. The summed E-state index contributed by atoms with van der Waals surface area (Å²) in [6, 6.07) is 3.91. The molecule has 7 nitrogen and oxygen atoms in total. The number of nitrogens with one attached hydrogen (secondary N) is 2. The van der Waals surface area contributed by atoms with E-state index in [1.54, 1.807) is 13.2 Å². The minimum atomic E-state index is -1.06. The van der Waals surface area contributed by atoms with Gasteiger partial charge in [0.25, 0.3) is 0 Å². The second kappa shape index (κ2) is 8.60. The zero-order valence-corrected chi connectivity index (χ0v) is 13.3. The fourth-order valence-electron chi connectivity index (χ4n) is 1.52. The summed E-state index contributed by atoms with van der Waals surface area (Å²) in [6.45, 7) is 0.626. The highest BCUT2D eigenvalue weighted by molar-refractivity contribution is 9.10. The molecule has 0 aromatic heterocycles. The van der Waals surface area contributed by atoms with Gasteiger partial charge in [-0.05, 0) is 34.1 Å². The average Bonchev–Trinajstić information content (AvgIpc) is 2.45. The number of halogens is 1. The average molecular weight is 361 g/mol. The maximum Gasteiger partial charge on any atom is 0.335 e. The molecule has 0 bridgehead atoms. The van der Waals surface area contributed by atoms with Crippen LogP contribution in [0.3, 0.4) is 0 Å². The van der Waals surface area contributed by atoms with Crippen LogP contribution in [0.5, 0.6) is 0 Å². The first-order chi connectivity index (χ1) is 9.97. The molecule has 0 aliphatic rings. The van der Waals surface area contributed by atoms with E-state index in [2.05, 4.69) is 26.6 Å². The van der Waals surface area contributed by atoms with Gasteiger partial charge >= 0.3 is 12.0 Å². The highest BCUT2D eigenvalue weighted by atomic mass is 79.9. The summed E-state index contributed by atoms with van der Waals surface area (Å²) in [5.74, 6) is -1.06. The predicted molar refractivity (Wildman–Crippen MR) is 80.8 cm³/mol. The van der Waals surface area contributed by atoms with Gasteiger partial charge in [0.05, 0.1) is 24.0 Å². The lowest BCUT2D eigenvalue weighted by molar-refractivity contribution is 0.0307. The Morgan fingerprint density at radius 1 is 1.38 bits per heavy atom. The van der Waals surface area contributed by atoms with Crippen molar-refractivity contribution in [3.05, 3.63) is 28.2 Å². The molecule has 2 amide bonds. The Morgan fingerprint density at radius 2 is 2.10 bits per heavy atom. The molecule has 8 heteroatoms. The van der Waals surface area contributed by atoms with Crippen molar-refractivity contribution >= 4 is 33.6 Å². The number of ether oxygens (including phenoxy) is 2. The van der Waals surface area contributed by atoms with E-state index in [4.69, 9.17) is 14.6 Å². The smallest absolute Gasteiger partial charge is 0.335 e. The molecule has 3 N–H and O–H groups in total. The number of carboxylic acid groups (broad SMARTS) is 1. The van der Waals surface area contributed by atoms with Gasteiger partial charge in [0.15, 0.2) is 0 Å². The summed E-state index contributed by atoms with van der Waals surface area (Å²) in [5, 5.41) is 14.1. The van der Waals surface area contributed by atoms with Gasteiger partial charge in [-0.25, -0.2) is 9.59 Å². The normalized spacial score (nSPS) is 11.8. The van der Waals surface area contributed by atoms with Crippen molar-refractivity contribution in [1.82, 2.24) is 5.32 Å². The van der Waals surface area contributed by atoms with E-state index in [1.165, 1.54) is 19.2 Å². The van der Waals surface area contributed by atoms with E-state index in [0.717, 1.165) is 0 Å². The summed E-state index contributed by atoms with van der Waals surface area (Å²) in [4.78, 5) is 22.7. The van der Waals surface area contributed by atoms with Crippen LogP contribution in [0.2, 0.25) is 0 Å². The Bertz CT molecular complexity index is 509. The Hall–Kier alpha value is -1.64. The summed E-state index contributed by atoms with van der Waals surface area (Å²) >= 11 is 3.25. The third kappa shape index (κ3) is 5.70. The number of amides is 2. The second-order valence-electron chi connectivity index (χ2n) is 4.15. The Kier molecular flexibility index (Phi) is 7.13. The van der Waals surface area contributed by atoms with Crippen LogP contribution < -0.4 is 10.6 Å². The largest absolute Gasteiger partial charge is 0.478 e. The third-order valence-corrected chi connectivity index (χ3v) is 3.33. The summed E-state index contributed by atoms with van der Waals surface area (Å²) in [6.07, 6.45) is -0.255. The number of rotatable bonds is 7. The zero-order valence-electron chi connectivity index (χ0n) is 11.7. The molecule has 0 radical (unpaired) electrons. The lowest BCUT2D eigenvalue weighted by atomic mass is 10.2. The fraction of sp³-hybridized carbons (Fsp3) is 0.385. The molecule has 21 heavy (non-hydrogen) atoms. The molecule has 1 aromatic rings. The molecule has 0 saturated carbocycles. The van der Waals surface area contributed by atoms with Crippen LogP contribution in [-0.4, -0.2) is 50.6 Å². The standard InChI is InChI=1S/C13H17BrN2O5/c1-20-7-9(21-2)6-15-13(19)16-11-5-8(12(17)18)3-4-10(11)14/h3-5,9H,6-7H2,1-2H3,(H,17,18)(H2,15,16,19). The van der Waals surface area contributed by atoms with Gasteiger partial charge in [0.1, 0.15) is 0 Å². The first kappa shape index (κ1) is 17.4. The minimum Gasteiger partial charge on any atom is -0.478 e. The van der Waals surface area contributed by atoms with Crippen molar-refractivity contribution < 1.29 is 24.2 Å². The number of carbonyl (C=O) groups excluding carboxylic acids is 1. The van der Waals surface area contributed by atoms with Crippen molar-refractivity contribution in [3.8, 4) is 0 Å². The van der Waals surface area contributed by atoms with Crippen LogP contribution in [0.15, 0.2) is 22.7 Å². The van der Waals surface area contributed by atoms with Gasteiger partial charge in [0.2, 0.25) is 0 Å². The van der Waals surface area contributed by atoms with E-state index in [0.29, 0.717) is 16.8 Å². The van der Waals surface area contributed by atoms with Gasteiger partial charge in [0, 0.05) is 25.2 Å². The number of hydrogen-bond donors (Lipinski definition) is 3. The van der Waals surface area contributed by atoms with Crippen molar-refractivity contribution in [1.29, 1.82) is 0 Å². The van der Waals surface area contributed by atoms with Crippen LogP contribution in [0, 0.1) is 0 Å². The summed E-state index contributed by atoms with van der Waals surface area (Å²) in [7, 11) is 3.07. The summed E-state index contributed by atoms with van der Waals surface area (Å²) in [5.41, 5.74) is 0.454. The van der Waals surface area contributed by atoms with Crippen molar-refractivity contribution in [3.63, 3.8) is 0 Å². The number of methoxy groups -OCH3 is 2. The van der Waals surface area contributed by atoms with Crippen LogP contribution in [-0.2, 0) is 9.47 Å². The molecule has 0 fully saturated rings. The zero-order chi connectivity index (χ0) is 15.8. The Balaban J connectivity index is 2.62. The van der Waals surface area contributed by atoms with E-state index < -0.39 is 12.0 Å². The molecule has 1 atom stereocenters. The second-order valence-corrected chi connectivity index (χ2v) is 5.00. The lowest BCUT2D eigenvalue weighted by Gasteiger charge is -2.15. The first-order valence-corrected chi connectivity index (χ1v) is 6.86. The van der Waals surface area contributed by atoms with Crippen LogP contribution in [0.4, 0.5) is 10.5 Å². The third-order valence-electron chi connectivity index (χ3n) is 2.64. The van der Waals surface area contributed by atoms with Crippen LogP contribution in [0.25, 0.3) is 0 Å². The first-order valence-electron chi connectivity index (χ1n) is 6.07. The molecule has 1 rings (SSSR count). The van der Waals surface area contributed by atoms with Gasteiger partial charge in [-0.15, -0.1) is 0 Å². The molecule has 1 aromatic carbocycles. The SMILES string of the molecule is COCC(CNC(=O)Nc1cc(C(=O)O)ccc1Br)OC. The number of hydrogen-bond acceptors (Lipinski definition) is 4. The number of carbonyl (C=O) groups is 2. The number of carboxylic acids is 1. The van der Waals surface area contributed by atoms with E-state index >= 15 is 0 Å². The van der Waals surface area contributed by atoms with Crippen molar-refractivity contribution in [2.45, 2.75) is 6.10 Å². The fourth-order valence-corrected chi connectivity index (χ4v) is 1.87. The van der Waals surface area contributed by atoms with Crippen molar-refractivity contribution in [2.24, 2.45) is 0 Å². The number of aromatic carboxylic acids is 1. The monoisotopic (exact) mass is 360 g/mol. The lowest BCUT2D eigenvalue weighted by Crippen LogP contribution is -2.38. The van der Waals surface area contributed by atoms with E-state index in [9.17, 15) is 9.59 Å². The maximum atomic E-state index is 11.8. The number of anilines is 1. The Labute approximate surface area is 130 Å². The molecular weight excluding hydrogens is 344 g/mol. The molecule has 1 unspecified atom stereocenters. The maximum absolute atomic E-state index is 11.8. The molecule has 116 valence electrons. The van der Waals surface area contributed by atoms with Gasteiger partial charge in [-0.1, -0.05) is 0 Å². The number of benzene rings is 1. The van der Waals surface area contributed by atoms with Crippen LogP contribution in [0.1, 0.15) is 10.4 Å². The van der Waals surface area contributed by atoms with Gasteiger partial charge in [-0.3, -0.25) is 0 Å². The van der Waals surface area contributed by atoms with Crippen molar-refractivity contribution in [2.75, 3.05) is 32.7 Å². The highest BCUT2D eigenvalue weighted by Crippen LogP contribution is 2.23. The summed E-state index contributed by atoms with van der Waals surface area (Å²) < 4.78 is 10.6. The molecule has 0 heterocycles. The number of urea groups is 1. The van der Waals surface area contributed by atoms with E-state index in [1.807, 2.05) is 0 Å². The molecule has 0 saturated heterocycles. The van der Waals surface area contributed by atoms with Gasteiger partial charge < -0.3 is 25.2 Å².